The number of hydrogen-bond donors (Lipinski definition) is 4. The fourth-order valence-electron chi connectivity index (χ4n) is 4.06. The summed E-state index contributed by atoms with van der Waals surface area (Å²) in [5.41, 5.74) is -0.474. The van der Waals surface area contributed by atoms with E-state index < -0.39 is 60.8 Å². The van der Waals surface area contributed by atoms with E-state index in [1.54, 1.807) is 0 Å². The summed E-state index contributed by atoms with van der Waals surface area (Å²) in [6.07, 6.45) is -7.22. The molecule has 4 rings (SSSR count). The maximum absolute atomic E-state index is 14.7. The first-order chi connectivity index (χ1) is 16.7. The molecule has 5 atom stereocenters. The van der Waals surface area contributed by atoms with Crippen molar-refractivity contribution < 1.29 is 44.5 Å². The summed E-state index contributed by atoms with van der Waals surface area (Å²) in [6.45, 7) is -2.73. The lowest BCUT2D eigenvalue weighted by Gasteiger charge is -2.46. The quantitative estimate of drug-likeness (QED) is 0.487. The molecule has 4 N–H and O–H groups in total. The maximum atomic E-state index is 14.7. The van der Waals surface area contributed by atoms with Gasteiger partial charge in [-0.25, -0.2) is 4.39 Å². The molecule has 2 fully saturated rings. The van der Waals surface area contributed by atoms with Crippen molar-refractivity contribution in [1.82, 2.24) is 0 Å². The highest BCUT2D eigenvalue weighted by Crippen LogP contribution is 2.49. The SMILES string of the molecule is [2H]C([2H])(C)C([2H])([2H])Oc1ccc(Cc2cc([C@@]34OC[C@@](CO)(O3)[C@@H](O)[C@H](O)[C@H]4O)ccc2Cl)cc1F. The van der Waals surface area contributed by atoms with E-state index in [0.717, 1.165) is 13.0 Å². The number of aliphatic hydroxyl groups is 4. The second kappa shape index (κ2) is 8.87. The summed E-state index contributed by atoms with van der Waals surface area (Å²) in [5, 5.41) is 41.5. The minimum absolute atomic E-state index is 0.0911. The Kier molecular flexibility index (Phi) is 5.16. The van der Waals surface area contributed by atoms with Crippen LogP contribution in [0.1, 0.15) is 35.5 Å². The zero-order valence-corrected chi connectivity index (χ0v) is 17.8. The van der Waals surface area contributed by atoms with Gasteiger partial charge in [0.05, 0.1) is 22.5 Å². The van der Waals surface area contributed by atoms with Crippen LogP contribution in [0.2, 0.25) is 5.02 Å². The lowest BCUT2D eigenvalue weighted by atomic mass is 9.83. The Morgan fingerprint density at radius 3 is 2.69 bits per heavy atom. The van der Waals surface area contributed by atoms with Crippen LogP contribution in [0.3, 0.4) is 0 Å². The van der Waals surface area contributed by atoms with E-state index in [2.05, 4.69) is 0 Å². The van der Waals surface area contributed by atoms with E-state index in [0.29, 0.717) is 16.1 Å². The predicted molar refractivity (Wildman–Crippen MR) is 113 cm³/mol. The van der Waals surface area contributed by atoms with Gasteiger partial charge in [0.1, 0.15) is 23.9 Å². The van der Waals surface area contributed by atoms with Crippen LogP contribution in [-0.2, 0) is 21.7 Å². The van der Waals surface area contributed by atoms with E-state index in [1.165, 1.54) is 30.3 Å². The monoisotopic (exact) mass is 472 g/mol. The second-order valence-electron chi connectivity index (χ2n) is 7.86. The number of ether oxygens (including phenoxy) is 3. The third kappa shape index (κ3) is 3.80. The molecule has 0 amide bonds. The molecule has 0 unspecified atom stereocenters. The maximum Gasteiger partial charge on any atom is 0.225 e. The smallest absolute Gasteiger partial charge is 0.225 e. The van der Waals surface area contributed by atoms with Crippen molar-refractivity contribution in [2.75, 3.05) is 19.8 Å². The largest absolute Gasteiger partial charge is 0.491 e. The molecule has 2 saturated heterocycles. The molecule has 2 heterocycles. The van der Waals surface area contributed by atoms with Gasteiger partial charge in [0.15, 0.2) is 11.6 Å². The molecule has 2 bridgehead atoms. The first-order valence-corrected chi connectivity index (χ1v) is 10.3. The van der Waals surface area contributed by atoms with Crippen molar-refractivity contribution in [1.29, 1.82) is 0 Å². The molecular formula is C23H26ClFO7. The molecular weight excluding hydrogens is 443 g/mol. The van der Waals surface area contributed by atoms with Gasteiger partial charge in [0, 0.05) is 13.3 Å². The Labute approximate surface area is 195 Å². The van der Waals surface area contributed by atoms with E-state index in [9.17, 15) is 24.8 Å². The van der Waals surface area contributed by atoms with Gasteiger partial charge in [0.2, 0.25) is 5.79 Å². The molecule has 2 aliphatic rings. The van der Waals surface area contributed by atoms with Crippen LogP contribution in [0, 0.1) is 5.82 Å². The van der Waals surface area contributed by atoms with Crippen molar-refractivity contribution >= 4 is 11.6 Å². The highest BCUT2D eigenvalue weighted by Gasteiger charge is 2.67. The molecule has 2 aliphatic heterocycles. The highest BCUT2D eigenvalue weighted by molar-refractivity contribution is 6.31. The zero-order valence-electron chi connectivity index (χ0n) is 21.1. The molecule has 7 nitrogen and oxygen atoms in total. The van der Waals surface area contributed by atoms with Crippen molar-refractivity contribution in [3.05, 3.63) is 63.9 Å². The lowest BCUT2D eigenvalue weighted by molar-refractivity contribution is -0.329. The standard InChI is InChI=1S/C23H26ClFO7/c1-2-7-30-18-6-3-13(9-17(18)25)8-14-10-15(4-5-16(14)24)23-21(29)19(27)20(28)22(11-26,32-23)12-31-23/h3-6,9-10,19-21,26-29H,2,7-8,11-12H2,1H3/t19-,20-,21+,22+,23+/m0/s1/i2D2,7D2. The average molecular weight is 473 g/mol. The average Bonchev–Trinajstić information content (AvgIpc) is 3.19. The summed E-state index contributed by atoms with van der Waals surface area (Å²) < 4.78 is 61.6. The summed E-state index contributed by atoms with van der Waals surface area (Å²) in [5.74, 6) is -3.24. The fourth-order valence-corrected chi connectivity index (χ4v) is 4.25. The first kappa shape index (κ1) is 18.6. The van der Waals surface area contributed by atoms with Crippen molar-refractivity contribution in [3.63, 3.8) is 0 Å². The number of halogens is 2. The minimum atomic E-state index is -2.77. The van der Waals surface area contributed by atoms with Crippen LogP contribution < -0.4 is 4.74 Å². The topological polar surface area (TPSA) is 109 Å². The summed E-state index contributed by atoms with van der Waals surface area (Å²) >= 11 is 6.35. The molecule has 174 valence electrons. The molecule has 0 aliphatic carbocycles. The fraction of sp³-hybridized carbons (Fsp3) is 0.478. The number of aliphatic hydroxyl groups excluding tert-OH is 4. The van der Waals surface area contributed by atoms with E-state index >= 15 is 0 Å². The van der Waals surface area contributed by atoms with E-state index in [-0.39, 0.29) is 18.6 Å². The van der Waals surface area contributed by atoms with Crippen LogP contribution in [0.25, 0.3) is 0 Å². The highest BCUT2D eigenvalue weighted by atomic mass is 35.5. The van der Waals surface area contributed by atoms with Gasteiger partial charge in [-0.3, -0.25) is 0 Å². The Hall–Kier alpha value is -1.78. The van der Waals surface area contributed by atoms with Gasteiger partial charge in [-0.15, -0.1) is 0 Å². The van der Waals surface area contributed by atoms with Gasteiger partial charge in [-0.2, -0.15) is 0 Å². The van der Waals surface area contributed by atoms with Gasteiger partial charge >= 0.3 is 0 Å². The lowest BCUT2D eigenvalue weighted by Crippen LogP contribution is -2.65. The second-order valence-corrected chi connectivity index (χ2v) is 8.27. The summed E-state index contributed by atoms with van der Waals surface area (Å²) in [4.78, 5) is 0. The Bertz CT molecular complexity index is 1150. The van der Waals surface area contributed by atoms with Crippen molar-refractivity contribution in [3.8, 4) is 5.75 Å². The predicted octanol–water partition coefficient (Wildman–Crippen LogP) is 1.89. The summed E-state index contributed by atoms with van der Waals surface area (Å²) in [7, 11) is 0. The van der Waals surface area contributed by atoms with Crippen LogP contribution in [-0.4, -0.2) is 64.1 Å². The minimum Gasteiger partial charge on any atom is -0.491 e. The Morgan fingerprint density at radius 1 is 1.22 bits per heavy atom. The third-order valence-corrected chi connectivity index (χ3v) is 6.20. The van der Waals surface area contributed by atoms with Crippen LogP contribution in [0.15, 0.2) is 36.4 Å². The van der Waals surface area contributed by atoms with Gasteiger partial charge in [-0.05, 0) is 48.2 Å². The third-order valence-electron chi connectivity index (χ3n) is 5.83. The molecule has 2 aromatic rings. The Morgan fingerprint density at radius 2 is 2.00 bits per heavy atom. The Balaban J connectivity index is 1.62. The number of fused-ring (bicyclic) bond motifs is 2. The molecule has 0 saturated carbocycles. The molecule has 9 heteroatoms. The van der Waals surface area contributed by atoms with Crippen LogP contribution in [0.5, 0.6) is 5.75 Å². The normalized spacial score (nSPS) is 34.4. The van der Waals surface area contributed by atoms with Gasteiger partial charge in [0.25, 0.3) is 0 Å². The van der Waals surface area contributed by atoms with Crippen LogP contribution >= 0.6 is 11.6 Å². The number of hydrogen-bond acceptors (Lipinski definition) is 7. The van der Waals surface area contributed by atoms with Crippen molar-refractivity contribution in [2.24, 2.45) is 0 Å². The number of rotatable bonds is 7. The first-order valence-electron chi connectivity index (χ1n) is 11.9. The van der Waals surface area contributed by atoms with Gasteiger partial charge in [-0.1, -0.05) is 30.7 Å². The molecule has 0 radical (unpaired) electrons. The number of benzene rings is 2. The van der Waals surface area contributed by atoms with Gasteiger partial charge < -0.3 is 34.6 Å². The van der Waals surface area contributed by atoms with Crippen LogP contribution in [0.4, 0.5) is 4.39 Å². The molecule has 2 aromatic carbocycles. The van der Waals surface area contributed by atoms with E-state index in [4.69, 9.17) is 31.3 Å². The molecule has 0 spiro atoms. The van der Waals surface area contributed by atoms with Crippen molar-refractivity contribution in [2.45, 2.75) is 49.4 Å². The zero-order chi connectivity index (χ0) is 26.7. The molecule has 0 aromatic heterocycles. The summed E-state index contributed by atoms with van der Waals surface area (Å²) in [6, 6.07) is 8.30. The van der Waals surface area contributed by atoms with E-state index in [1.807, 2.05) is 0 Å². The molecule has 32 heavy (non-hydrogen) atoms.